The van der Waals surface area contributed by atoms with Crippen LogP contribution in [0.1, 0.15) is 27.9 Å². The van der Waals surface area contributed by atoms with Gasteiger partial charge in [0.25, 0.3) is 0 Å². The van der Waals surface area contributed by atoms with Crippen LogP contribution in [0.25, 0.3) is 0 Å². The second-order valence-corrected chi connectivity index (χ2v) is 5.59. The second kappa shape index (κ2) is 8.10. The third-order valence-electron chi connectivity index (χ3n) is 3.77. The van der Waals surface area contributed by atoms with E-state index in [9.17, 15) is 14.4 Å². The van der Waals surface area contributed by atoms with Crippen molar-refractivity contribution in [3.8, 4) is 0 Å². The molecule has 25 heavy (non-hydrogen) atoms. The minimum absolute atomic E-state index is 0.320. The number of anilines is 2. The van der Waals surface area contributed by atoms with E-state index in [1.165, 1.54) is 13.2 Å². The largest absolute Gasteiger partial charge is 0.465 e. The first-order chi connectivity index (χ1) is 11.9. The maximum Gasteiger partial charge on any atom is 0.337 e. The normalized spacial score (nSPS) is 10.0. The molecule has 0 aliphatic heterocycles. The predicted molar refractivity (Wildman–Crippen MR) is 95.6 cm³/mol. The third-order valence-corrected chi connectivity index (χ3v) is 3.77. The fraction of sp³-hybridized carbons (Fsp3) is 0.211. The van der Waals surface area contributed by atoms with Crippen LogP contribution in [0.3, 0.4) is 0 Å². The summed E-state index contributed by atoms with van der Waals surface area (Å²) in [6, 6.07) is 11.9. The lowest BCUT2D eigenvalue weighted by Gasteiger charge is -2.10. The minimum Gasteiger partial charge on any atom is -0.465 e. The van der Waals surface area contributed by atoms with E-state index in [2.05, 4.69) is 15.4 Å². The summed E-state index contributed by atoms with van der Waals surface area (Å²) < 4.78 is 4.63. The lowest BCUT2D eigenvalue weighted by molar-refractivity contribution is -0.123. The molecule has 0 fully saturated rings. The van der Waals surface area contributed by atoms with Gasteiger partial charge in [-0.25, -0.2) is 4.79 Å². The topological polar surface area (TPSA) is 84.5 Å². The van der Waals surface area contributed by atoms with Gasteiger partial charge in [0.05, 0.1) is 12.7 Å². The number of amides is 2. The highest BCUT2D eigenvalue weighted by Gasteiger charge is 2.13. The lowest BCUT2D eigenvalue weighted by atomic mass is 10.1. The van der Waals surface area contributed by atoms with E-state index in [0.717, 1.165) is 11.1 Å². The molecule has 0 saturated heterocycles. The van der Waals surface area contributed by atoms with Crippen LogP contribution in [-0.4, -0.2) is 24.9 Å². The number of carbonyl (C=O) groups is 3. The number of carbonyl (C=O) groups excluding carboxylic acids is 3. The highest BCUT2D eigenvalue weighted by Crippen LogP contribution is 2.18. The van der Waals surface area contributed by atoms with E-state index in [-0.39, 0.29) is 6.42 Å². The molecule has 2 N–H and O–H groups in total. The standard InChI is InChI=1S/C19H20N2O4/c1-12-6-4-9-16(13(12)2)21-18(23)11-17(22)20-15-8-5-7-14(10-15)19(24)25-3/h4-10H,11H2,1-3H3,(H,20,22)(H,21,23). The quantitative estimate of drug-likeness (QED) is 0.647. The maximum absolute atomic E-state index is 12.1. The molecule has 0 aliphatic carbocycles. The zero-order chi connectivity index (χ0) is 18.4. The number of rotatable bonds is 5. The number of hydrogen-bond donors (Lipinski definition) is 2. The van der Waals surface area contributed by atoms with Crippen LogP contribution in [0.15, 0.2) is 42.5 Å². The molecule has 0 spiro atoms. The highest BCUT2D eigenvalue weighted by atomic mass is 16.5. The maximum atomic E-state index is 12.1. The Morgan fingerprint density at radius 1 is 0.960 bits per heavy atom. The van der Waals surface area contributed by atoms with Crippen molar-refractivity contribution in [2.24, 2.45) is 0 Å². The number of methoxy groups -OCH3 is 1. The van der Waals surface area contributed by atoms with Gasteiger partial charge in [-0.15, -0.1) is 0 Å². The van der Waals surface area contributed by atoms with E-state index in [1.54, 1.807) is 24.3 Å². The molecule has 0 radical (unpaired) electrons. The van der Waals surface area contributed by atoms with Crippen molar-refractivity contribution in [2.45, 2.75) is 20.3 Å². The Morgan fingerprint density at radius 2 is 1.64 bits per heavy atom. The van der Waals surface area contributed by atoms with Crippen LogP contribution in [0.2, 0.25) is 0 Å². The predicted octanol–water partition coefficient (Wildman–Crippen LogP) is 3.06. The smallest absolute Gasteiger partial charge is 0.337 e. The molecular weight excluding hydrogens is 320 g/mol. The SMILES string of the molecule is COC(=O)c1cccc(NC(=O)CC(=O)Nc2cccc(C)c2C)c1. The van der Waals surface area contributed by atoms with Crippen molar-refractivity contribution >= 4 is 29.2 Å². The van der Waals surface area contributed by atoms with Crippen molar-refractivity contribution in [2.75, 3.05) is 17.7 Å². The van der Waals surface area contributed by atoms with E-state index in [4.69, 9.17) is 0 Å². The summed E-state index contributed by atoms with van der Waals surface area (Å²) in [5.74, 6) is -1.37. The average Bonchev–Trinajstić information content (AvgIpc) is 2.58. The molecule has 6 heteroatoms. The summed E-state index contributed by atoms with van der Waals surface area (Å²) in [7, 11) is 1.28. The summed E-state index contributed by atoms with van der Waals surface area (Å²) in [5.41, 5.74) is 3.45. The van der Waals surface area contributed by atoms with E-state index < -0.39 is 17.8 Å². The number of esters is 1. The van der Waals surface area contributed by atoms with Gasteiger partial charge in [-0.3, -0.25) is 9.59 Å². The first kappa shape index (κ1) is 18.2. The number of ether oxygens (including phenoxy) is 1. The van der Waals surface area contributed by atoms with Crippen molar-refractivity contribution in [1.82, 2.24) is 0 Å². The number of hydrogen-bond acceptors (Lipinski definition) is 4. The van der Waals surface area contributed by atoms with Crippen molar-refractivity contribution in [1.29, 1.82) is 0 Å². The Bertz CT molecular complexity index is 815. The van der Waals surface area contributed by atoms with Gasteiger partial charge in [0.15, 0.2) is 0 Å². The van der Waals surface area contributed by atoms with Gasteiger partial charge in [0.2, 0.25) is 11.8 Å². The molecule has 0 aliphatic rings. The van der Waals surface area contributed by atoms with E-state index in [1.807, 2.05) is 26.0 Å². The molecule has 0 unspecified atom stereocenters. The lowest BCUT2D eigenvalue weighted by Crippen LogP contribution is -2.22. The number of nitrogens with one attached hydrogen (secondary N) is 2. The Morgan fingerprint density at radius 3 is 2.36 bits per heavy atom. The van der Waals surface area contributed by atoms with Gasteiger partial charge in [-0.2, -0.15) is 0 Å². The molecule has 2 rings (SSSR count). The summed E-state index contributed by atoms with van der Waals surface area (Å²) >= 11 is 0. The number of aryl methyl sites for hydroxylation is 1. The summed E-state index contributed by atoms with van der Waals surface area (Å²) in [6.07, 6.45) is -0.324. The second-order valence-electron chi connectivity index (χ2n) is 5.59. The molecule has 0 bridgehead atoms. The molecule has 2 amide bonds. The first-order valence-corrected chi connectivity index (χ1v) is 7.75. The molecule has 0 heterocycles. The average molecular weight is 340 g/mol. The minimum atomic E-state index is -0.497. The van der Waals surface area contributed by atoms with E-state index in [0.29, 0.717) is 16.9 Å². The highest BCUT2D eigenvalue weighted by molar-refractivity contribution is 6.08. The van der Waals surface area contributed by atoms with Crippen LogP contribution in [0.4, 0.5) is 11.4 Å². The summed E-state index contributed by atoms with van der Waals surface area (Å²) in [5, 5.41) is 5.33. The zero-order valence-corrected chi connectivity index (χ0v) is 14.4. The van der Waals surface area contributed by atoms with Crippen molar-refractivity contribution in [3.63, 3.8) is 0 Å². The Hall–Kier alpha value is -3.15. The Labute approximate surface area is 146 Å². The molecule has 130 valence electrons. The first-order valence-electron chi connectivity index (χ1n) is 7.75. The van der Waals surface area contributed by atoms with Crippen LogP contribution in [-0.2, 0) is 14.3 Å². The molecule has 0 saturated carbocycles. The fourth-order valence-corrected chi connectivity index (χ4v) is 2.27. The van der Waals surface area contributed by atoms with Crippen LogP contribution < -0.4 is 10.6 Å². The summed E-state index contributed by atoms with van der Waals surface area (Å²) in [4.78, 5) is 35.6. The van der Waals surface area contributed by atoms with Gasteiger partial charge < -0.3 is 15.4 Å². The zero-order valence-electron chi connectivity index (χ0n) is 14.4. The molecule has 2 aromatic rings. The Kier molecular flexibility index (Phi) is 5.89. The van der Waals surface area contributed by atoms with E-state index >= 15 is 0 Å². The van der Waals surface area contributed by atoms with Crippen molar-refractivity contribution in [3.05, 3.63) is 59.2 Å². The monoisotopic (exact) mass is 340 g/mol. The van der Waals surface area contributed by atoms with Crippen LogP contribution in [0.5, 0.6) is 0 Å². The van der Waals surface area contributed by atoms with Gasteiger partial charge in [0.1, 0.15) is 6.42 Å². The molecule has 0 atom stereocenters. The van der Waals surface area contributed by atoms with Gasteiger partial charge >= 0.3 is 5.97 Å². The molecule has 2 aromatic carbocycles. The number of benzene rings is 2. The van der Waals surface area contributed by atoms with Gasteiger partial charge in [-0.05, 0) is 49.2 Å². The van der Waals surface area contributed by atoms with Crippen LogP contribution >= 0.6 is 0 Å². The molecular formula is C19H20N2O4. The van der Waals surface area contributed by atoms with Crippen molar-refractivity contribution < 1.29 is 19.1 Å². The Balaban J connectivity index is 1.97. The summed E-state index contributed by atoms with van der Waals surface area (Å²) in [6.45, 7) is 3.86. The third kappa shape index (κ3) is 4.91. The molecule has 0 aromatic heterocycles. The molecule has 6 nitrogen and oxygen atoms in total. The van der Waals surface area contributed by atoms with Gasteiger partial charge in [0, 0.05) is 11.4 Å². The van der Waals surface area contributed by atoms with Gasteiger partial charge in [-0.1, -0.05) is 18.2 Å². The van der Waals surface area contributed by atoms with Crippen LogP contribution in [0, 0.1) is 13.8 Å². The fourth-order valence-electron chi connectivity index (χ4n) is 2.27.